The predicted molar refractivity (Wildman–Crippen MR) is 113 cm³/mol. The van der Waals surface area contributed by atoms with Crippen molar-refractivity contribution in [2.45, 2.75) is 32.4 Å². The summed E-state index contributed by atoms with van der Waals surface area (Å²) in [5, 5.41) is 6.40. The van der Waals surface area contributed by atoms with E-state index in [0.29, 0.717) is 5.69 Å². The van der Waals surface area contributed by atoms with Gasteiger partial charge in [-0.15, -0.1) is 0 Å². The molecule has 0 bridgehead atoms. The first-order valence-electron chi connectivity index (χ1n) is 9.40. The minimum atomic E-state index is -4.68. The Kier molecular flexibility index (Phi) is 6.31. The fourth-order valence-corrected chi connectivity index (χ4v) is 3.01. The highest BCUT2D eigenvalue weighted by atomic mass is 35.5. The third kappa shape index (κ3) is 5.58. The molecule has 0 saturated carbocycles. The van der Waals surface area contributed by atoms with Crippen molar-refractivity contribution in [1.29, 1.82) is 0 Å². The smallest absolute Gasteiger partial charge is 0.435 e. The van der Waals surface area contributed by atoms with Gasteiger partial charge in [0.05, 0.1) is 10.7 Å². The second-order valence-electron chi connectivity index (χ2n) is 7.89. The van der Waals surface area contributed by atoms with Crippen LogP contribution in [0.4, 0.5) is 18.9 Å². The van der Waals surface area contributed by atoms with Crippen LogP contribution in [0, 0.1) is 0 Å². The van der Waals surface area contributed by atoms with Gasteiger partial charge in [0.2, 0.25) is 5.88 Å². The Labute approximate surface area is 182 Å². The van der Waals surface area contributed by atoms with Gasteiger partial charge in [0, 0.05) is 11.8 Å². The van der Waals surface area contributed by atoms with E-state index < -0.39 is 24.4 Å². The Bertz CT molecular complexity index is 1070. The highest BCUT2D eigenvalue weighted by Gasteiger charge is 2.36. The summed E-state index contributed by atoms with van der Waals surface area (Å²) in [5.41, 5.74) is 0.676. The molecule has 0 atom stereocenters. The van der Waals surface area contributed by atoms with Gasteiger partial charge in [0.25, 0.3) is 5.91 Å². The Hall–Kier alpha value is -3.00. The molecule has 5 nitrogen and oxygen atoms in total. The lowest BCUT2D eigenvalue weighted by Crippen LogP contribution is -2.21. The summed E-state index contributed by atoms with van der Waals surface area (Å²) in [6, 6.07) is 14.3. The predicted octanol–water partition coefficient (Wildman–Crippen LogP) is 5.86. The molecule has 1 heterocycles. The van der Waals surface area contributed by atoms with Crippen molar-refractivity contribution in [3.8, 4) is 11.6 Å². The largest absolute Gasteiger partial charge is 0.467 e. The fourth-order valence-electron chi connectivity index (χ4n) is 2.79. The van der Waals surface area contributed by atoms with Crippen molar-refractivity contribution in [2.75, 3.05) is 11.9 Å². The average Bonchev–Trinajstić information content (AvgIpc) is 3.11. The zero-order valence-corrected chi connectivity index (χ0v) is 17.9. The lowest BCUT2D eigenvalue weighted by molar-refractivity contribution is -0.141. The van der Waals surface area contributed by atoms with E-state index in [1.165, 1.54) is 12.1 Å². The number of alkyl halides is 3. The second kappa shape index (κ2) is 8.63. The van der Waals surface area contributed by atoms with Crippen LogP contribution in [0.25, 0.3) is 5.69 Å². The molecule has 0 unspecified atom stereocenters. The topological polar surface area (TPSA) is 56.1 Å². The maximum atomic E-state index is 13.2. The standard InChI is InChI=1S/C22H21ClF3N3O2/c1-21(2,3)14-8-10-15(11-9-14)27-19(30)13-31-20-12-18(22(24,25)26)28-29(20)17-7-5-4-6-16(17)23/h4-12H,13H2,1-3H3,(H,27,30). The minimum Gasteiger partial charge on any atom is -0.467 e. The zero-order chi connectivity index (χ0) is 22.8. The van der Waals surface area contributed by atoms with Gasteiger partial charge in [-0.1, -0.05) is 56.6 Å². The first kappa shape index (κ1) is 22.7. The lowest BCUT2D eigenvalue weighted by Gasteiger charge is -2.19. The monoisotopic (exact) mass is 451 g/mol. The van der Waals surface area contributed by atoms with Crippen molar-refractivity contribution < 1.29 is 22.7 Å². The van der Waals surface area contributed by atoms with Crippen LogP contribution >= 0.6 is 11.6 Å². The summed E-state index contributed by atoms with van der Waals surface area (Å²) in [6.45, 7) is 5.72. The maximum Gasteiger partial charge on any atom is 0.435 e. The number of anilines is 1. The Balaban J connectivity index is 1.75. The maximum absolute atomic E-state index is 13.2. The van der Waals surface area contributed by atoms with Crippen LogP contribution in [0.15, 0.2) is 54.6 Å². The quantitative estimate of drug-likeness (QED) is 0.528. The fraction of sp³-hybridized carbons (Fsp3) is 0.273. The number of rotatable bonds is 5. The first-order chi connectivity index (χ1) is 14.4. The van der Waals surface area contributed by atoms with Crippen molar-refractivity contribution in [3.05, 3.63) is 70.9 Å². The number of benzene rings is 2. The average molecular weight is 452 g/mol. The Morgan fingerprint density at radius 3 is 2.32 bits per heavy atom. The SMILES string of the molecule is CC(C)(C)c1ccc(NC(=O)COc2cc(C(F)(F)F)nn2-c2ccccc2Cl)cc1. The molecule has 9 heteroatoms. The molecule has 3 rings (SSSR count). The number of nitrogens with one attached hydrogen (secondary N) is 1. The number of aromatic nitrogens is 2. The molecule has 0 fully saturated rings. The molecule has 31 heavy (non-hydrogen) atoms. The minimum absolute atomic E-state index is 0.0288. The van der Waals surface area contributed by atoms with E-state index in [9.17, 15) is 18.0 Å². The normalized spacial score (nSPS) is 12.0. The molecule has 1 N–H and O–H groups in total. The molecule has 0 aliphatic rings. The molecule has 0 aliphatic heterocycles. The van der Waals surface area contributed by atoms with Gasteiger partial charge < -0.3 is 10.1 Å². The highest BCUT2D eigenvalue weighted by molar-refractivity contribution is 6.32. The van der Waals surface area contributed by atoms with Gasteiger partial charge in [-0.05, 0) is 35.2 Å². The van der Waals surface area contributed by atoms with Crippen molar-refractivity contribution >= 4 is 23.2 Å². The molecule has 0 aliphatic carbocycles. The number of hydrogen-bond donors (Lipinski definition) is 1. The van der Waals surface area contributed by atoms with Gasteiger partial charge in [-0.3, -0.25) is 4.79 Å². The number of nitrogens with zero attached hydrogens (tertiary/aromatic N) is 2. The van der Waals surface area contributed by atoms with Gasteiger partial charge >= 0.3 is 6.18 Å². The molecular weight excluding hydrogens is 431 g/mol. The summed E-state index contributed by atoms with van der Waals surface area (Å²) in [4.78, 5) is 12.3. The van der Waals surface area contributed by atoms with E-state index in [1.54, 1.807) is 24.3 Å². The molecule has 1 aromatic heterocycles. The third-order valence-corrected chi connectivity index (χ3v) is 4.75. The molecule has 2 aromatic carbocycles. The van der Waals surface area contributed by atoms with Crippen LogP contribution in [0.1, 0.15) is 32.0 Å². The Morgan fingerprint density at radius 2 is 1.74 bits per heavy atom. The van der Waals surface area contributed by atoms with Crippen LogP contribution in [0.3, 0.4) is 0 Å². The summed E-state index contributed by atoms with van der Waals surface area (Å²) < 4.78 is 45.8. The summed E-state index contributed by atoms with van der Waals surface area (Å²) >= 11 is 6.09. The molecule has 3 aromatic rings. The Morgan fingerprint density at radius 1 is 1.10 bits per heavy atom. The number of hydrogen-bond acceptors (Lipinski definition) is 3. The second-order valence-corrected chi connectivity index (χ2v) is 8.30. The number of carbonyl (C=O) groups is 1. The summed E-state index contributed by atoms with van der Waals surface area (Å²) in [5.74, 6) is -0.775. The van der Waals surface area contributed by atoms with Crippen LogP contribution in [0.5, 0.6) is 5.88 Å². The van der Waals surface area contributed by atoms with Crippen LogP contribution < -0.4 is 10.1 Å². The third-order valence-electron chi connectivity index (χ3n) is 4.43. The van der Waals surface area contributed by atoms with Crippen LogP contribution in [0.2, 0.25) is 5.02 Å². The van der Waals surface area contributed by atoms with E-state index in [1.807, 2.05) is 12.1 Å². The van der Waals surface area contributed by atoms with Crippen molar-refractivity contribution in [1.82, 2.24) is 9.78 Å². The van der Waals surface area contributed by atoms with Crippen molar-refractivity contribution in [3.63, 3.8) is 0 Å². The lowest BCUT2D eigenvalue weighted by atomic mass is 9.87. The van der Waals surface area contributed by atoms with Gasteiger partial charge in [0.15, 0.2) is 12.3 Å². The van der Waals surface area contributed by atoms with Crippen LogP contribution in [-0.4, -0.2) is 22.3 Å². The number of para-hydroxylation sites is 1. The van der Waals surface area contributed by atoms with E-state index in [4.69, 9.17) is 16.3 Å². The van der Waals surface area contributed by atoms with E-state index in [2.05, 4.69) is 31.2 Å². The van der Waals surface area contributed by atoms with Gasteiger partial charge in [-0.25, -0.2) is 0 Å². The molecule has 0 radical (unpaired) electrons. The highest BCUT2D eigenvalue weighted by Crippen LogP contribution is 2.33. The number of amides is 1. The summed E-state index contributed by atoms with van der Waals surface area (Å²) in [7, 11) is 0. The van der Waals surface area contributed by atoms with Gasteiger partial charge in [0.1, 0.15) is 0 Å². The van der Waals surface area contributed by atoms with E-state index >= 15 is 0 Å². The number of carbonyl (C=O) groups excluding carboxylic acids is 1. The number of halogens is 4. The molecule has 1 amide bonds. The molecular formula is C22H21ClF3N3O2. The van der Waals surface area contributed by atoms with E-state index in [-0.39, 0.29) is 22.0 Å². The van der Waals surface area contributed by atoms with Crippen molar-refractivity contribution in [2.24, 2.45) is 0 Å². The first-order valence-corrected chi connectivity index (χ1v) is 9.78. The molecule has 164 valence electrons. The molecule has 0 saturated heterocycles. The zero-order valence-electron chi connectivity index (χ0n) is 17.1. The molecule has 0 spiro atoms. The number of ether oxygens (including phenoxy) is 1. The van der Waals surface area contributed by atoms with E-state index in [0.717, 1.165) is 16.3 Å². The van der Waals surface area contributed by atoms with Crippen LogP contribution in [-0.2, 0) is 16.4 Å². The summed E-state index contributed by atoms with van der Waals surface area (Å²) in [6.07, 6.45) is -4.68. The van der Waals surface area contributed by atoms with Gasteiger partial charge in [-0.2, -0.15) is 23.0 Å².